The van der Waals surface area contributed by atoms with E-state index in [1.54, 1.807) is 29.9 Å². The number of aromatic nitrogens is 4. The van der Waals surface area contributed by atoms with Crippen LogP contribution in [0.2, 0.25) is 0 Å². The van der Waals surface area contributed by atoms with Crippen LogP contribution in [0.3, 0.4) is 0 Å². The van der Waals surface area contributed by atoms with Crippen LogP contribution in [0, 0.1) is 5.82 Å². The minimum absolute atomic E-state index is 0.0414. The second kappa shape index (κ2) is 6.84. The van der Waals surface area contributed by atoms with Crippen molar-refractivity contribution in [1.29, 1.82) is 0 Å². The van der Waals surface area contributed by atoms with E-state index in [9.17, 15) is 9.18 Å². The molecular weight excluding hydrogens is 369 g/mol. The topological polar surface area (TPSA) is 56.0 Å². The van der Waals surface area contributed by atoms with E-state index in [1.807, 2.05) is 29.4 Å². The average molecular weight is 389 g/mol. The van der Waals surface area contributed by atoms with Crippen LogP contribution in [-0.4, -0.2) is 43.2 Å². The third kappa shape index (κ3) is 3.08. The van der Waals surface area contributed by atoms with E-state index < -0.39 is 0 Å². The van der Waals surface area contributed by atoms with Gasteiger partial charge in [0.2, 0.25) is 0 Å². The van der Waals surface area contributed by atoms with E-state index in [1.165, 1.54) is 12.1 Å². The Morgan fingerprint density at radius 2 is 1.93 bits per heavy atom. The molecule has 0 bridgehead atoms. The van der Waals surface area contributed by atoms with Crippen molar-refractivity contribution in [2.24, 2.45) is 7.05 Å². The Morgan fingerprint density at radius 1 is 1.14 bits per heavy atom. The molecule has 0 unspecified atom stereocenters. The van der Waals surface area contributed by atoms with E-state index >= 15 is 0 Å². The number of benzene rings is 2. The molecule has 3 heterocycles. The summed E-state index contributed by atoms with van der Waals surface area (Å²) in [6, 6.07) is 16.1. The molecule has 1 aliphatic heterocycles. The van der Waals surface area contributed by atoms with E-state index in [2.05, 4.69) is 20.7 Å². The molecule has 29 heavy (non-hydrogen) atoms. The summed E-state index contributed by atoms with van der Waals surface area (Å²) in [4.78, 5) is 19.5. The van der Waals surface area contributed by atoms with Gasteiger partial charge in [-0.1, -0.05) is 12.1 Å². The molecule has 2 aromatic carbocycles. The Labute approximate surface area is 167 Å². The average Bonchev–Trinajstić information content (AvgIpc) is 3.46. The van der Waals surface area contributed by atoms with Crippen LogP contribution < -0.4 is 0 Å². The standard InChI is InChI=1S/C22H20FN5O/c1-26-21(12-19(25-26)15-6-8-16(23)9-7-15)22(29)27-11-10-17(13-27)28-14-24-18-4-2-3-5-20(18)28/h2-9,12,14,17H,10-11,13H2,1H3/t17-/m0/s1. The maximum Gasteiger partial charge on any atom is 0.272 e. The third-order valence-electron chi connectivity index (χ3n) is 5.56. The molecule has 0 spiro atoms. The van der Waals surface area contributed by atoms with Gasteiger partial charge in [-0.05, 0) is 48.9 Å². The van der Waals surface area contributed by atoms with Gasteiger partial charge < -0.3 is 9.47 Å². The Hall–Kier alpha value is -3.48. The number of rotatable bonds is 3. The number of fused-ring (bicyclic) bond motifs is 1. The molecule has 146 valence electrons. The molecule has 6 nitrogen and oxygen atoms in total. The van der Waals surface area contributed by atoms with Crippen molar-refractivity contribution < 1.29 is 9.18 Å². The number of carbonyl (C=O) groups is 1. The van der Waals surface area contributed by atoms with Crippen LogP contribution in [-0.2, 0) is 7.05 Å². The molecule has 0 aliphatic carbocycles. The summed E-state index contributed by atoms with van der Waals surface area (Å²) in [6.45, 7) is 1.32. The van der Waals surface area contributed by atoms with Crippen molar-refractivity contribution in [2.75, 3.05) is 13.1 Å². The molecule has 0 saturated carbocycles. The summed E-state index contributed by atoms with van der Waals surface area (Å²) in [6.07, 6.45) is 2.74. The number of hydrogen-bond donors (Lipinski definition) is 0. The summed E-state index contributed by atoms with van der Waals surface area (Å²) in [5.41, 5.74) is 4.02. The number of likely N-dealkylation sites (tertiary alicyclic amines) is 1. The van der Waals surface area contributed by atoms with Crippen LogP contribution in [0.25, 0.3) is 22.3 Å². The number of halogens is 1. The van der Waals surface area contributed by atoms with Crippen LogP contribution in [0.4, 0.5) is 4.39 Å². The zero-order valence-corrected chi connectivity index (χ0v) is 16.0. The van der Waals surface area contributed by atoms with Crippen LogP contribution in [0.1, 0.15) is 23.0 Å². The van der Waals surface area contributed by atoms with Crippen molar-refractivity contribution in [3.63, 3.8) is 0 Å². The Kier molecular flexibility index (Phi) is 4.16. The number of aryl methyl sites for hydroxylation is 1. The summed E-state index contributed by atoms with van der Waals surface area (Å²) < 4.78 is 16.9. The van der Waals surface area contributed by atoms with Gasteiger partial charge in [-0.2, -0.15) is 5.10 Å². The molecule has 1 aliphatic rings. The van der Waals surface area contributed by atoms with Crippen molar-refractivity contribution in [3.8, 4) is 11.3 Å². The number of amides is 1. The first kappa shape index (κ1) is 17.6. The minimum Gasteiger partial charge on any atom is -0.335 e. The van der Waals surface area contributed by atoms with Crippen molar-refractivity contribution in [1.82, 2.24) is 24.2 Å². The molecule has 1 atom stereocenters. The number of imidazole rings is 1. The molecule has 2 aromatic heterocycles. The summed E-state index contributed by atoms with van der Waals surface area (Å²) in [7, 11) is 1.76. The molecule has 4 aromatic rings. The second-order valence-corrected chi connectivity index (χ2v) is 7.38. The van der Waals surface area contributed by atoms with Gasteiger partial charge in [0, 0.05) is 25.7 Å². The van der Waals surface area contributed by atoms with Gasteiger partial charge in [0.1, 0.15) is 11.5 Å². The SMILES string of the molecule is Cn1nc(-c2ccc(F)cc2)cc1C(=O)N1CC[C@H](n2cnc3ccccc32)C1. The highest BCUT2D eigenvalue weighted by atomic mass is 19.1. The smallest absolute Gasteiger partial charge is 0.272 e. The monoisotopic (exact) mass is 389 g/mol. The maximum atomic E-state index is 13.2. The molecule has 7 heteroatoms. The first-order valence-electron chi connectivity index (χ1n) is 9.61. The lowest BCUT2D eigenvalue weighted by Gasteiger charge is -2.17. The van der Waals surface area contributed by atoms with E-state index in [0.29, 0.717) is 24.5 Å². The number of hydrogen-bond acceptors (Lipinski definition) is 3. The highest BCUT2D eigenvalue weighted by molar-refractivity contribution is 5.94. The zero-order valence-electron chi connectivity index (χ0n) is 16.0. The normalized spacial score (nSPS) is 16.6. The van der Waals surface area contributed by atoms with Gasteiger partial charge in [0.05, 0.1) is 29.1 Å². The van der Waals surface area contributed by atoms with E-state index in [-0.39, 0.29) is 17.8 Å². The van der Waals surface area contributed by atoms with E-state index in [0.717, 1.165) is 23.0 Å². The van der Waals surface area contributed by atoms with Gasteiger partial charge in [-0.25, -0.2) is 9.37 Å². The highest BCUT2D eigenvalue weighted by Gasteiger charge is 2.30. The zero-order chi connectivity index (χ0) is 20.0. The lowest BCUT2D eigenvalue weighted by Crippen LogP contribution is -2.30. The third-order valence-corrected chi connectivity index (χ3v) is 5.56. The summed E-state index contributed by atoms with van der Waals surface area (Å²) >= 11 is 0. The van der Waals surface area contributed by atoms with Crippen molar-refractivity contribution in [3.05, 3.63) is 72.4 Å². The molecule has 1 saturated heterocycles. The minimum atomic E-state index is -0.295. The van der Waals surface area contributed by atoms with E-state index in [4.69, 9.17) is 0 Å². The quantitative estimate of drug-likeness (QED) is 0.537. The fourth-order valence-electron chi connectivity index (χ4n) is 4.01. The maximum absolute atomic E-state index is 13.2. The van der Waals surface area contributed by atoms with Gasteiger partial charge >= 0.3 is 0 Å². The largest absolute Gasteiger partial charge is 0.335 e. The van der Waals surface area contributed by atoms with Crippen molar-refractivity contribution >= 4 is 16.9 Å². The fraction of sp³-hybridized carbons (Fsp3) is 0.227. The molecular formula is C22H20FN5O. The fourth-order valence-corrected chi connectivity index (χ4v) is 4.01. The van der Waals surface area contributed by atoms with Crippen LogP contribution >= 0.6 is 0 Å². The molecule has 1 fully saturated rings. The van der Waals surface area contributed by atoms with Crippen LogP contribution in [0.5, 0.6) is 0 Å². The first-order valence-corrected chi connectivity index (χ1v) is 9.61. The Bertz CT molecular complexity index is 1190. The van der Waals surface area contributed by atoms with Crippen molar-refractivity contribution in [2.45, 2.75) is 12.5 Å². The predicted molar refractivity (Wildman–Crippen MR) is 108 cm³/mol. The number of nitrogens with zero attached hydrogens (tertiary/aromatic N) is 5. The van der Waals surface area contributed by atoms with Gasteiger partial charge in [0.25, 0.3) is 5.91 Å². The van der Waals surface area contributed by atoms with Gasteiger partial charge in [-0.15, -0.1) is 0 Å². The number of para-hydroxylation sites is 2. The second-order valence-electron chi connectivity index (χ2n) is 7.38. The molecule has 0 radical (unpaired) electrons. The Morgan fingerprint density at radius 3 is 2.76 bits per heavy atom. The van der Waals surface area contributed by atoms with Crippen LogP contribution in [0.15, 0.2) is 60.9 Å². The van der Waals surface area contributed by atoms with Gasteiger partial charge in [-0.3, -0.25) is 9.48 Å². The first-order chi connectivity index (χ1) is 14.1. The summed E-state index contributed by atoms with van der Waals surface area (Å²) in [5, 5.41) is 4.44. The highest BCUT2D eigenvalue weighted by Crippen LogP contribution is 2.27. The molecule has 0 N–H and O–H groups in total. The predicted octanol–water partition coefficient (Wildman–Crippen LogP) is 3.66. The lowest BCUT2D eigenvalue weighted by molar-refractivity contribution is 0.0777. The Balaban J connectivity index is 1.37. The lowest BCUT2D eigenvalue weighted by atomic mass is 10.1. The molecule has 1 amide bonds. The van der Waals surface area contributed by atoms with Gasteiger partial charge in [0.15, 0.2) is 0 Å². The molecule has 5 rings (SSSR count). The number of carbonyl (C=O) groups excluding carboxylic acids is 1. The summed E-state index contributed by atoms with van der Waals surface area (Å²) in [5.74, 6) is -0.337.